The maximum Gasteiger partial charge on any atom is 0.200 e. The zero-order valence-corrected chi connectivity index (χ0v) is 15.0. The van der Waals surface area contributed by atoms with Gasteiger partial charge in [0.1, 0.15) is 0 Å². The summed E-state index contributed by atoms with van der Waals surface area (Å²) in [5, 5.41) is 0. The maximum absolute atomic E-state index is 14.5. The minimum atomic E-state index is -0.843. The Bertz CT molecular complexity index is 629. The van der Waals surface area contributed by atoms with Crippen molar-refractivity contribution in [3.63, 3.8) is 0 Å². The molecule has 2 aliphatic carbocycles. The van der Waals surface area contributed by atoms with E-state index < -0.39 is 11.6 Å². The van der Waals surface area contributed by atoms with Gasteiger partial charge in [-0.1, -0.05) is 31.2 Å². The van der Waals surface area contributed by atoms with Crippen LogP contribution in [0.3, 0.4) is 0 Å². The van der Waals surface area contributed by atoms with E-state index in [1.165, 1.54) is 0 Å². The fourth-order valence-electron chi connectivity index (χ4n) is 3.96. The summed E-state index contributed by atoms with van der Waals surface area (Å²) >= 11 is 0. The van der Waals surface area contributed by atoms with Gasteiger partial charge in [-0.05, 0) is 67.9 Å². The topological polar surface area (TPSA) is 9.23 Å². The summed E-state index contributed by atoms with van der Waals surface area (Å²) in [7, 11) is 0. The summed E-state index contributed by atoms with van der Waals surface area (Å²) < 4.78 is 34.6. The molecule has 0 bridgehead atoms. The second kappa shape index (κ2) is 8.16. The molecule has 2 aliphatic rings. The van der Waals surface area contributed by atoms with Crippen molar-refractivity contribution in [1.29, 1.82) is 0 Å². The van der Waals surface area contributed by atoms with Gasteiger partial charge in [-0.15, -0.1) is 6.58 Å². The third-order valence-electron chi connectivity index (χ3n) is 5.78. The van der Waals surface area contributed by atoms with E-state index in [-0.39, 0.29) is 11.7 Å². The van der Waals surface area contributed by atoms with Gasteiger partial charge in [0.05, 0.1) is 6.61 Å². The first kappa shape index (κ1) is 18.2. The Morgan fingerprint density at radius 1 is 1.04 bits per heavy atom. The van der Waals surface area contributed by atoms with Crippen LogP contribution in [-0.2, 0) is 0 Å². The lowest BCUT2D eigenvalue weighted by molar-refractivity contribution is 0.188. The highest BCUT2D eigenvalue weighted by atomic mass is 19.2. The molecule has 0 heterocycles. The molecule has 3 rings (SSSR count). The molecule has 0 aromatic heterocycles. The van der Waals surface area contributed by atoms with Crippen LogP contribution in [0, 0.1) is 29.4 Å². The number of halogens is 2. The first-order valence-corrected chi connectivity index (χ1v) is 9.50. The summed E-state index contributed by atoms with van der Waals surface area (Å²) in [5.41, 5.74) is 0.444. The van der Waals surface area contributed by atoms with Crippen LogP contribution in [0.5, 0.6) is 5.75 Å². The number of hydrogen-bond acceptors (Lipinski definition) is 1. The average molecular weight is 346 g/mol. The Kier molecular flexibility index (Phi) is 5.93. The predicted molar refractivity (Wildman–Crippen MR) is 97.8 cm³/mol. The summed E-state index contributed by atoms with van der Waals surface area (Å²) in [5.74, 6) is -0.0596. The Balaban J connectivity index is 1.62. The molecule has 1 fully saturated rings. The average Bonchev–Trinajstić information content (AvgIpc) is 2.64. The minimum Gasteiger partial charge on any atom is -0.490 e. The molecule has 3 heteroatoms. The highest BCUT2D eigenvalue weighted by Crippen LogP contribution is 2.35. The van der Waals surface area contributed by atoms with E-state index in [9.17, 15) is 8.78 Å². The zero-order chi connectivity index (χ0) is 17.8. The molecule has 0 N–H and O–H groups in total. The number of ether oxygens (including phenoxy) is 1. The third kappa shape index (κ3) is 4.31. The predicted octanol–water partition coefficient (Wildman–Crippen LogP) is 6.41. The van der Waals surface area contributed by atoms with E-state index in [4.69, 9.17) is 4.74 Å². The Morgan fingerprint density at radius 2 is 1.80 bits per heavy atom. The molecule has 136 valence electrons. The molecule has 2 unspecified atom stereocenters. The number of hydrogen-bond donors (Lipinski definition) is 0. The van der Waals surface area contributed by atoms with E-state index in [1.54, 1.807) is 12.1 Å². The van der Waals surface area contributed by atoms with Crippen molar-refractivity contribution in [2.75, 3.05) is 6.61 Å². The van der Waals surface area contributed by atoms with E-state index in [1.807, 2.05) is 12.2 Å². The highest BCUT2D eigenvalue weighted by molar-refractivity contribution is 5.35. The molecule has 1 nitrogen and oxygen atoms in total. The van der Waals surface area contributed by atoms with Crippen molar-refractivity contribution >= 4 is 0 Å². The van der Waals surface area contributed by atoms with Crippen molar-refractivity contribution in [2.24, 2.45) is 17.8 Å². The van der Waals surface area contributed by atoms with Gasteiger partial charge in [-0.3, -0.25) is 0 Å². The normalized spacial score (nSPS) is 29.4. The Hall–Kier alpha value is -1.64. The first-order chi connectivity index (χ1) is 12.1. The van der Waals surface area contributed by atoms with E-state index in [2.05, 4.69) is 19.6 Å². The van der Waals surface area contributed by atoms with Crippen LogP contribution in [0.1, 0.15) is 56.9 Å². The summed E-state index contributed by atoms with van der Waals surface area (Å²) in [4.78, 5) is 0. The van der Waals surface area contributed by atoms with Gasteiger partial charge in [-0.2, -0.15) is 4.39 Å². The summed E-state index contributed by atoms with van der Waals surface area (Å²) in [6.45, 7) is 6.45. The van der Waals surface area contributed by atoms with Crippen LogP contribution < -0.4 is 4.74 Å². The monoisotopic (exact) mass is 346 g/mol. The Morgan fingerprint density at radius 3 is 2.44 bits per heavy atom. The smallest absolute Gasteiger partial charge is 0.200 e. The quantitative estimate of drug-likeness (QED) is 0.560. The standard InChI is InChI=1S/C22H28F2O/c1-3-16-6-8-17(9-7-16)14-25-20-13-12-19(21(23)22(20)24)18-10-4-15(2)5-11-18/h3-4,10,12-13,15-18H,1,5-9,11,14H2,2H3. The van der Waals surface area contributed by atoms with Crippen LogP contribution in [-0.4, -0.2) is 6.61 Å². The Labute approximate surface area is 149 Å². The van der Waals surface area contributed by atoms with Gasteiger partial charge >= 0.3 is 0 Å². The van der Waals surface area contributed by atoms with E-state index in [0.717, 1.165) is 38.5 Å². The molecule has 0 radical (unpaired) electrons. The van der Waals surface area contributed by atoms with E-state index in [0.29, 0.717) is 29.9 Å². The highest BCUT2D eigenvalue weighted by Gasteiger charge is 2.24. The van der Waals surface area contributed by atoms with Crippen molar-refractivity contribution in [2.45, 2.75) is 51.4 Å². The molecular formula is C22H28F2O. The van der Waals surface area contributed by atoms with Gasteiger partial charge in [0.15, 0.2) is 11.6 Å². The van der Waals surface area contributed by atoms with Crippen molar-refractivity contribution in [1.82, 2.24) is 0 Å². The van der Waals surface area contributed by atoms with Crippen LogP contribution in [0.4, 0.5) is 8.78 Å². The lowest BCUT2D eigenvalue weighted by Gasteiger charge is -2.26. The second-order valence-corrected chi connectivity index (χ2v) is 7.65. The number of rotatable bonds is 5. The molecule has 0 spiro atoms. The van der Waals surface area contributed by atoms with Gasteiger partial charge in [0.2, 0.25) is 5.82 Å². The molecule has 25 heavy (non-hydrogen) atoms. The zero-order valence-electron chi connectivity index (χ0n) is 15.0. The lowest BCUT2D eigenvalue weighted by Crippen LogP contribution is -2.19. The molecule has 2 atom stereocenters. The van der Waals surface area contributed by atoms with Crippen molar-refractivity contribution < 1.29 is 13.5 Å². The van der Waals surface area contributed by atoms with E-state index >= 15 is 0 Å². The third-order valence-corrected chi connectivity index (χ3v) is 5.78. The fourth-order valence-corrected chi connectivity index (χ4v) is 3.96. The van der Waals surface area contributed by atoms with Crippen LogP contribution in [0.25, 0.3) is 0 Å². The minimum absolute atomic E-state index is 0.0334. The van der Waals surface area contributed by atoms with Gasteiger partial charge in [0.25, 0.3) is 0 Å². The molecule has 0 aliphatic heterocycles. The molecule has 0 amide bonds. The fraction of sp³-hybridized carbons (Fsp3) is 0.545. The van der Waals surface area contributed by atoms with Crippen LogP contribution >= 0.6 is 0 Å². The van der Waals surface area contributed by atoms with Gasteiger partial charge < -0.3 is 4.74 Å². The van der Waals surface area contributed by atoms with Crippen molar-refractivity contribution in [3.8, 4) is 5.75 Å². The number of benzene rings is 1. The van der Waals surface area contributed by atoms with Crippen LogP contribution in [0.15, 0.2) is 36.9 Å². The maximum atomic E-state index is 14.5. The summed E-state index contributed by atoms with van der Waals surface area (Å²) in [6.07, 6.45) is 12.3. The largest absolute Gasteiger partial charge is 0.490 e. The molecule has 1 aromatic carbocycles. The molecule has 1 aromatic rings. The van der Waals surface area contributed by atoms with Gasteiger partial charge in [-0.25, -0.2) is 4.39 Å². The van der Waals surface area contributed by atoms with Crippen LogP contribution in [0.2, 0.25) is 0 Å². The number of allylic oxidation sites excluding steroid dienone is 3. The molecule has 0 saturated heterocycles. The first-order valence-electron chi connectivity index (χ1n) is 9.50. The lowest BCUT2D eigenvalue weighted by atomic mass is 9.82. The second-order valence-electron chi connectivity index (χ2n) is 7.65. The van der Waals surface area contributed by atoms with Gasteiger partial charge in [0, 0.05) is 5.92 Å². The SMILES string of the molecule is C=CC1CCC(COc2ccc(C3C=CC(C)CC3)c(F)c2F)CC1. The molecule has 1 saturated carbocycles. The van der Waals surface area contributed by atoms with Crippen molar-refractivity contribution in [3.05, 3.63) is 54.1 Å². The molecular weight excluding hydrogens is 318 g/mol. The summed E-state index contributed by atoms with van der Waals surface area (Å²) in [6, 6.07) is 3.28.